The van der Waals surface area contributed by atoms with E-state index in [2.05, 4.69) is 140 Å². The molecule has 0 unspecified atom stereocenters. The van der Waals surface area contributed by atoms with E-state index in [0.717, 1.165) is 17.1 Å². The number of fused-ring (bicyclic) bond motifs is 3. The molecule has 0 fully saturated rings. The van der Waals surface area contributed by atoms with E-state index >= 15 is 0 Å². The van der Waals surface area contributed by atoms with E-state index in [-0.39, 0.29) is 20.1 Å². The van der Waals surface area contributed by atoms with Crippen LogP contribution in [0.15, 0.2) is 162 Å². The summed E-state index contributed by atoms with van der Waals surface area (Å²) in [5, 5.41) is 13.7. The van der Waals surface area contributed by atoms with Gasteiger partial charge >= 0.3 is 20.1 Å². The predicted octanol–water partition coefficient (Wildman–Crippen LogP) is 11.9. The standard InChI is InChI=1S/3C13H9NS.Ir/c3*1-2-5-11-10(4-1)7-8-14-13(11)12-6-3-9-15-12;/h3*1-9H;/q;;;+3. The normalized spacial score (nSPS) is 10.4. The SMILES string of the molecule is [Ir+3].c1csc(-c2nccc3ccccc23)c1.c1csc(-c2nccc3ccccc23)c1.c1csc(-c2nccc3ccccc23)c1. The summed E-state index contributed by atoms with van der Waals surface area (Å²) in [4.78, 5) is 17.1. The van der Waals surface area contributed by atoms with E-state index in [0.29, 0.717) is 0 Å². The Morgan fingerprint density at radius 1 is 0.326 bits per heavy atom. The number of hydrogen-bond donors (Lipinski definition) is 0. The Morgan fingerprint density at radius 2 is 0.630 bits per heavy atom. The van der Waals surface area contributed by atoms with Gasteiger partial charge in [-0.2, -0.15) is 0 Å². The van der Waals surface area contributed by atoms with Crippen LogP contribution in [-0.4, -0.2) is 15.0 Å². The zero-order chi connectivity index (χ0) is 30.3. The first-order valence-electron chi connectivity index (χ1n) is 14.5. The minimum atomic E-state index is 0. The van der Waals surface area contributed by atoms with Crippen molar-refractivity contribution in [3.8, 4) is 31.7 Å². The van der Waals surface area contributed by atoms with Gasteiger partial charge in [-0.05, 0) is 68.7 Å². The topological polar surface area (TPSA) is 38.7 Å². The summed E-state index contributed by atoms with van der Waals surface area (Å²) in [6.45, 7) is 0. The number of rotatable bonds is 3. The van der Waals surface area contributed by atoms with Crippen molar-refractivity contribution >= 4 is 66.3 Å². The van der Waals surface area contributed by atoms with Gasteiger partial charge in [-0.25, -0.2) is 0 Å². The molecule has 3 nitrogen and oxygen atoms in total. The summed E-state index contributed by atoms with van der Waals surface area (Å²) in [5.41, 5.74) is 3.26. The van der Waals surface area contributed by atoms with Crippen molar-refractivity contribution in [3.63, 3.8) is 0 Å². The molecule has 6 aromatic heterocycles. The summed E-state index contributed by atoms with van der Waals surface area (Å²) in [6.07, 6.45) is 5.62. The summed E-state index contributed by atoms with van der Waals surface area (Å²) in [6, 6.07) is 43.7. The Hall–Kier alpha value is -4.36. The molecule has 0 spiro atoms. The number of nitrogens with zero attached hydrogens (tertiary/aromatic N) is 3. The van der Waals surface area contributed by atoms with Crippen LogP contribution in [0, 0.1) is 0 Å². The van der Waals surface area contributed by atoms with Crippen LogP contribution >= 0.6 is 34.0 Å². The van der Waals surface area contributed by atoms with Gasteiger partial charge in [-0.1, -0.05) is 91.0 Å². The minimum Gasteiger partial charge on any atom is -0.255 e. The molecule has 0 aliphatic rings. The molecule has 7 heteroatoms. The molecule has 9 aromatic rings. The molecule has 0 bridgehead atoms. The third-order valence-electron chi connectivity index (χ3n) is 7.28. The Labute approximate surface area is 293 Å². The molecular formula is C39H27IrN3S3+3. The minimum absolute atomic E-state index is 0. The van der Waals surface area contributed by atoms with Gasteiger partial charge in [0.1, 0.15) is 0 Å². The molecule has 9 rings (SSSR count). The van der Waals surface area contributed by atoms with Gasteiger partial charge in [-0.15, -0.1) is 34.0 Å². The van der Waals surface area contributed by atoms with Crippen molar-refractivity contribution in [2.45, 2.75) is 0 Å². The van der Waals surface area contributed by atoms with Crippen LogP contribution in [0.5, 0.6) is 0 Å². The Bertz CT molecular complexity index is 2000. The number of pyridine rings is 3. The van der Waals surface area contributed by atoms with Crippen molar-refractivity contribution in [1.29, 1.82) is 0 Å². The van der Waals surface area contributed by atoms with Crippen LogP contribution in [0.2, 0.25) is 0 Å². The number of benzene rings is 3. The first-order chi connectivity index (χ1) is 22.3. The fourth-order valence-corrected chi connectivity index (χ4v) is 7.39. The van der Waals surface area contributed by atoms with Gasteiger partial charge < -0.3 is 0 Å². The fourth-order valence-electron chi connectivity index (χ4n) is 5.19. The molecule has 222 valence electrons. The first-order valence-corrected chi connectivity index (χ1v) is 17.1. The van der Waals surface area contributed by atoms with Crippen LogP contribution in [0.1, 0.15) is 0 Å². The van der Waals surface area contributed by atoms with Crippen molar-refractivity contribution < 1.29 is 20.1 Å². The second kappa shape index (κ2) is 15.3. The molecular weight excluding hydrogens is 799 g/mol. The largest absolute Gasteiger partial charge is 3.00 e. The van der Waals surface area contributed by atoms with E-state index in [1.807, 2.05) is 36.8 Å². The third-order valence-corrected chi connectivity index (χ3v) is 9.91. The van der Waals surface area contributed by atoms with E-state index in [1.54, 1.807) is 34.0 Å². The second-order valence-electron chi connectivity index (χ2n) is 10.1. The van der Waals surface area contributed by atoms with Gasteiger partial charge in [-0.3, -0.25) is 15.0 Å². The summed E-state index contributed by atoms with van der Waals surface area (Å²) < 4.78 is 0. The second-order valence-corrected chi connectivity index (χ2v) is 12.9. The van der Waals surface area contributed by atoms with E-state index in [4.69, 9.17) is 0 Å². The molecule has 0 aliphatic heterocycles. The van der Waals surface area contributed by atoms with E-state index in [1.165, 1.54) is 46.9 Å². The van der Waals surface area contributed by atoms with E-state index in [9.17, 15) is 0 Å². The average Bonchev–Trinajstić information content (AvgIpc) is 3.93. The smallest absolute Gasteiger partial charge is 0.255 e. The molecule has 6 heterocycles. The summed E-state index contributed by atoms with van der Waals surface area (Å²) >= 11 is 5.19. The van der Waals surface area contributed by atoms with Crippen molar-refractivity contribution in [2.24, 2.45) is 0 Å². The molecule has 0 N–H and O–H groups in total. The maximum Gasteiger partial charge on any atom is 3.00 e. The fraction of sp³-hybridized carbons (Fsp3) is 0. The van der Waals surface area contributed by atoms with Crippen LogP contribution in [0.4, 0.5) is 0 Å². The molecule has 0 amide bonds. The summed E-state index contributed by atoms with van der Waals surface area (Å²) in [7, 11) is 0. The van der Waals surface area contributed by atoms with Crippen LogP contribution in [0.3, 0.4) is 0 Å². The van der Waals surface area contributed by atoms with Gasteiger partial charge in [0.2, 0.25) is 0 Å². The zero-order valence-electron chi connectivity index (χ0n) is 24.5. The monoisotopic (exact) mass is 826 g/mol. The third kappa shape index (κ3) is 7.05. The first kappa shape index (κ1) is 31.6. The average molecular weight is 826 g/mol. The number of aromatic nitrogens is 3. The van der Waals surface area contributed by atoms with Crippen LogP contribution in [0.25, 0.3) is 64.0 Å². The Kier molecular flexibility index (Phi) is 10.5. The quantitative estimate of drug-likeness (QED) is 0.178. The van der Waals surface area contributed by atoms with Crippen molar-refractivity contribution in [2.75, 3.05) is 0 Å². The maximum atomic E-state index is 4.46. The summed E-state index contributed by atoms with van der Waals surface area (Å²) in [5.74, 6) is 0. The van der Waals surface area contributed by atoms with Crippen molar-refractivity contribution in [3.05, 3.63) is 162 Å². The zero-order valence-corrected chi connectivity index (χ0v) is 29.3. The van der Waals surface area contributed by atoms with Gasteiger partial charge in [0.15, 0.2) is 0 Å². The van der Waals surface area contributed by atoms with Gasteiger partial charge in [0.25, 0.3) is 0 Å². The maximum absolute atomic E-state index is 4.46. The Balaban J connectivity index is 0.000000120. The predicted molar refractivity (Wildman–Crippen MR) is 195 cm³/mol. The molecule has 0 saturated heterocycles. The molecule has 0 atom stereocenters. The molecule has 46 heavy (non-hydrogen) atoms. The van der Waals surface area contributed by atoms with Gasteiger partial charge in [0.05, 0.1) is 31.7 Å². The molecule has 0 saturated carbocycles. The Morgan fingerprint density at radius 3 is 0.913 bits per heavy atom. The number of hydrogen-bond acceptors (Lipinski definition) is 6. The van der Waals surface area contributed by atoms with Crippen LogP contribution < -0.4 is 0 Å². The van der Waals surface area contributed by atoms with Gasteiger partial charge in [0, 0.05) is 34.7 Å². The van der Waals surface area contributed by atoms with E-state index < -0.39 is 0 Å². The van der Waals surface area contributed by atoms with Crippen LogP contribution in [-0.2, 0) is 20.1 Å². The van der Waals surface area contributed by atoms with Crippen molar-refractivity contribution in [1.82, 2.24) is 15.0 Å². The molecule has 0 aliphatic carbocycles. The number of thiophene rings is 3. The molecule has 3 aromatic carbocycles. The molecule has 0 radical (unpaired) electrons.